The van der Waals surface area contributed by atoms with Crippen molar-refractivity contribution in [2.24, 2.45) is 10.9 Å². The number of nitrogens with one attached hydrogen (secondary N) is 2. The van der Waals surface area contributed by atoms with Crippen LogP contribution in [-0.2, 0) is 11.3 Å². The summed E-state index contributed by atoms with van der Waals surface area (Å²) in [4.78, 5) is 10.3. The third-order valence-electron chi connectivity index (χ3n) is 4.77. The molecule has 28 heavy (non-hydrogen) atoms. The standard InChI is InChI=1S/C21H30N4OS.HI/c1-4-22-21(25-14-19-23-12-16(3)27-19)24-13-18-6-5-11-26-20(18)17-9-7-15(2)8-10-17;/h7-10,12,18,20H,4-6,11,13-14H2,1-3H3,(H2,22,24,25);1H. The van der Waals surface area contributed by atoms with Crippen molar-refractivity contribution in [3.63, 3.8) is 0 Å². The lowest BCUT2D eigenvalue weighted by molar-refractivity contribution is -0.0265. The van der Waals surface area contributed by atoms with E-state index in [0.717, 1.165) is 43.5 Å². The van der Waals surface area contributed by atoms with Gasteiger partial charge < -0.3 is 15.4 Å². The summed E-state index contributed by atoms with van der Waals surface area (Å²) in [6, 6.07) is 8.73. The molecule has 0 aliphatic carbocycles. The van der Waals surface area contributed by atoms with Gasteiger partial charge in [-0.05, 0) is 39.2 Å². The highest BCUT2D eigenvalue weighted by atomic mass is 127. The topological polar surface area (TPSA) is 58.5 Å². The van der Waals surface area contributed by atoms with E-state index in [9.17, 15) is 0 Å². The summed E-state index contributed by atoms with van der Waals surface area (Å²) < 4.78 is 6.13. The third-order valence-corrected chi connectivity index (χ3v) is 5.67. The molecule has 1 aromatic heterocycles. The molecule has 5 nitrogen and oxygen atoms in total. The normalized spacial score (nSPS) is 19.8. The van der Waals surface area contributed by atoms with E-state index >= 15 is 0 Å². The smallest absolute Gasteiger partial charge is 0.191 e. The largest absolute Gasteiger partial charge is 0.373 e. The molecule has 7 heteroatoms. The molecule has 2 aromatic rings. The number of nitrogens with zero attached hydrogens (tertiary/aromatic N) is 2. The van der Waals surface area contributed by atoms with Crippen molar-refractivity contribution in [1.82, 2.24) is 15.6 Å². The number of ether oxygens (including phenoxy) is 1. The quantitative estimate of drug-likeness (QED) is 0.336. The van der Waals surface area contributed by atoms with E-state index in [0.29, 0.717) is 12.5 Å². The van der Waals surface area contributed by atoms with E-state index in [1.165, 1.54) is 16.0 Å². The number of benzene rings is 1. The fourth-order valence-electron chi connectivity index (χ4n) is 3.37. The molecular weight excluding hydrogens is 483 g/mol. The van der Waals surface area contributed by atoms with Crippen LogP contribution in [0.25, 0.3) is 0 Å². The van der Waals surface area contributed by atoms with Crippen molar-refractivity contribution in [2.45, 2.75) is 46.3 Å². The Kier molecular flexibility index (Phi) is 9.67. The second-order valence-corrected chi connectivity index (χ2v) is 8.36. The minimum Gasteiger partial charge on any atom is -0.373 e. The van der Waals surface area contributed by atoms with Gasteiger partial charge >= 0.3 is 0 Å². The molecule has 1 fully saturated rings. The Morgan fingerprint density at radius 1 is 1.25 bits per heavy atom. The molecule has 2 unspecified atom stereocenters. The van der Waals surface area contributed by atoms with Gasteiger partial charge in [-0.2, -0.15) is 0 Å². The van der Waals surface area contributed by atoms with Crippen molar-refractivity contribution in [3.8, 4) is 0 Å². The first-order chi connectivity index (χ1) is 13.2. The van der Waals surface area contributed by atoms with Crippen LogP contribution in [0.3, 0.4) is 0 Å². The highest BCUT2D eigenvalue weighted by molar-refractivity contribution is 14.0. The number of aliphatic imine (C=N–C) groups is 1. The molecule has 3 rings (SSSR count). The van der Waals surface area contributed by atoms with Crippen molar-refractivity contribution < 1.29 is 4.74 Å². The van der Waals surface area contributed by atoms with Crippen LogP contribution < -0.4 is 10.6 Å². The summed E-state index contributed by atoms with van der Waals surface area (Å²) >= 11 is 1.70. The molecule has 2 atom stereocenters. The summed E-state index contributed by atoms with van der Waals surface area (Å²) in [7, 11) is 0. The summed E-state index contributed by atoms with van der Waals surface area (Å²) in [6.07, 6.45) is 4.33. The molecule has 0 bridgehead atoms. The van der Waals surface area contributed by atoms with E-state index in [2.05, 4.69) is 60.7 Å². The van der Waals surface area contributed by atoms with Gasteiger partial charge in [0, 0.05) is 36.7 Å². The number of rotatable bonds is 6. The van der Waals surface area contributed by atoms with Gasteiger partial charge in [0.1, 0.15) is 5.01 Å². The molecule has 1 aromatic carbocycles. The molecule has 0 amide bonds. The van der Waals surface area contributed by atoms with Gasteiger partial charge in [-0.25, -0.2) is 9.98 Å². The second kappa shape index (κ2) is 11.7. The zero-order chi connectivity index (χ0) is 19.1. The van der Waals surface area contributed by atoms with Gasteiger partial charge in [-0.15, -0.1) is 35.3 Å². The summed E-state index contributed by atoms with van der Waals surface area (Å²) in [5.74, 6) is 1.28. The maximum atomic E-state index is 6.13. The van der Waals surface area contributed by atoms with Crippen LogP contribution >= 0.6 is 35.3 Å². The first kappa shape index (κ1) is 23.1. The van der Waals surface area contributed by atoms with Crippen molar-refractivity contribution >= 4 is 41.3 Å². The summed E-state index contributed by atoms with van der Waals surface area (Å²) in [6.45, 7) is 9.41. The average Bonchev–Trinajstić information content (AvgIpc) is 3.10. The van der Waals surface area contributed by atoms with Crippen LogP contribution in [0.15, 0.2) is 35.5 Å². The zero-order valence-electron chi connectivity index (χ0n) is 16.9. The Hall–Kier alpha value is -1.19. The minimum atomic E-state index is 0. The van der Waals surface area contributed by atoms with E-state index < -0.39 is 0 Å². The van der Waals surface area contributed by atoms with Crippen molar-refractivity contribution in [2.75, 3.05) is 19.7 Å². The van der Waals surface area contributed by atoms with Gasteiger partial charge in [0.05, 0.1) is 12.6 Å². The van der Waals surface area contributed by atoms with E-state index in [1.807, 2.05) is 6.20 Å². The Morgan fingerprint density at radius 2 is 2.04 bits per heavy atom. The number of hydrogen-bond donors (Lipinski definition) is 2. The molecule has 2 N–H and O–H groups in total. The average molecular weight is 514 g/mol. The van der Waals surface area contributed by atoms with Gasteiger partial charge in [0.25, 0.3) is 0 Å². The molecule has 0 radical (unpaired) electrons. The SMILES string of the molecule is CCNC(=NCc1ncc(C)s1)NCC1CCCOC1c1ccc(C)cc1.I. The predicted molar refractivity (Wildman–Crippen MR) is 128 cm³/mol. The Balaban J connectivity index is 0.00000280. The fraction of sp³-hybridized carbons (Fsp3) is 0.524. The molecule has 1 saturated heterocycles. The summed E-state index contributed by atoms with van der Waals surface area (Å²) in [5, 5.41) is 7.90. The molecule has 154 valence electrons. The van der Waals surface area contributed by atoms with Gasteiger partial charge in [-0.1, -0.05) is 29.8 Å². The van der Waals surface area contributed by atoms with E-state index in [-0.39, 0.29) is 30.1 Å². The maximum absolute atomic E-state index is 6.13. The van der Waals surface area contributed by atoms with Crippen molar-refractivity contribution in [3.05, 3.63) is 51.5 Å². The number of guanidine groups is 1. The van der Waals surface area contributed by atoms with Gasteiger partial charge in [0.15, 0.2) is 5.96 Å². The maximum Gasteiger partial charge on any atom is 0.191 e. The van der Waals surface area contributed by atoms with Crippen LogP contribution in [-0.4, -0.2) is 30.6 Å². The Bertz CT molecular complexity index is 747. The summed E-state index contributed by atoms with van der Waals surface area (Å²) in [5.41, 5.74) is 2.55. The third kappa shape index (κ3) is 6.70. The highest BCUT2D eigenvalue weighted by Crippen LogP contribution is 2.33. The number of aryl methyl sites for hydroxylation is 2. The number of halogens is 1. The fourth-order valence-corrected chi connectivity index (χ4v) is 4.08. The molecule has 1 aliphatic heterocycles. The Labute approximate surface area is 189 Å². The lowest BCUT2D eigenvalue weighted by atomic mass is 9.89. The molecule has 0 saturated carbocycles. The number of hydrogen-bond acceptors (Lipinski definition) is 4. The zero-order valence-corrected chi connectivity index (χ0v) is 20.1. The van der Waals surface area contributed by atoms with Crippen LogP contribution in [0, 0.1) is 19.8 Å². The van der Waals surface area contributed by atoms with Gasteiger partial charge in [-0.3, -0.25) is 0 Å². The lowest BCUT2D eigenvalue weighted by Gasteiger charge is -2.32. The lowest BCUT2D eigenvalue weighted by Crippen LogP contribution is -2.42. The van der Waals surface area contributed by atoms with Crippen LogP contribution in [0.2, 0.25) is 0 Å². The van der Waals surface area contributed by atoms with Crippen LogP contribution in [0.1, 0.15) is 46.9 Å². The van der Waals surface area contributed by atoms with Crippen LogP contribution in [0.5, 0.6) is 0 Å². The molecule has 1 aliphatic rings. The molecule has 2 heterocycles. The van der Waals surface area contributed by atoms with E-state index in [4.69, 9.17) is 9.73 Å². The first-order valence-corrected chi connectivity index (χ1v) is 10.6. The number of aromatic nitrogens is 1. The Morgan fingerprint density at radius 3 is 2.71 bits per heavy atom. The monoisotopic (exact) mass is 514 g/mol. The highest BCUT2D eigenvalue weighted by Gasteiger charge is 2.27. The second-order valence-electron chi connectivity index (χ2n) is 7.05. The molecular formula is C21H31IN4OS. The van der Waals surface area contributed by atoms with Gasteiger partial charge in [0.2, 0.25) is 0 Å². The first-order valence-electron chi connectivity index (χ1n) is 9.77. The van der Waals surface area contributed by atoms with Crippen molar-refractivity contribution in [1.29, 1.82) is 0 Å². The van der Waals surface area contributed by atoms with Crippen LogP contribution in [0.4, 0.5) is 0 Å². The van der Waals surface area contributed by atoms with E-state index in [1.54, 1.807) is 11.3 Å². The minimum absolute atomic E-state index is 0. The number of thiazole rings is 1. The molecule has 0 spiro atoms. The predicted octanol–water partition coefficient (Wildman–Crippen LogP) is 4.60.